The summed E-state index contributed by atoms with van der Waals surface area (Å²) in [6.07, 6.45) is 1.25. The summed E-state index contributed by atoms with van der Waals surface area (Å²) in [5.41, 5.74) is 2.88. The smallest absolute Gasteiger partial charge is 0.240 e. The summed E-state index contributed by atoms with van der Waals surface area (Å²) in [4.78, 5) is 25.8. The molecule has 8 nitrogen and oxygen atoms in total. The molecule has 2 aliphatic heterocycles. The van der Waals surface area contributed by atoms with Gasteiger partial charge in [0.05, 0.1) is 23.5 Å². The van der Waals surface area contributed by atoms with E-state index in [2.05, 4.69) is 10.2 Å². The molecule has 2 atom stereocenters. The maximum absolute atomic E-state index is 11.8. The number of para-hydroxylation sites is 2. The number of hydrogen-bond acceptors (Lipinski definition) is 8. The van der Waals surface area contributed by atoms with Gasteiger partial charge in [-0.2, -0.15) is 10.2 Å². The largest absolute Gasteiger partial charge is 0.507 e. The normalized spacial score (nSPS) is 17.7. The molecule has 0 spiro atoms. The number of hydrogen-bond donors (Lipinski definition) is 2. The molecule has 1 radical (unpaired) electrons. The maximum atomic E-state index is 11.8. The van der Waals surface area contributed by atoms with E-state index < -0.39 is 0 Å². The van der Waals surface area contributed by atoms with Crippen molar-refractivity contribution in [2.45, 2.75) is 38.8 Å². The van der Waals surface area contributed by atoms with Gasteiger partial charge in [0.15, 0.2) is 0 Å². The van der Waals surface area contributed by atoms with Crippen molar-refractivity contribution in [3.05, 3.63) is 104 Å². The van der Waals surface area contributed by atoms with E-state index in [0.717, 1.165) is 21.2 Å². The van der Waals surface area contributed by atoms with Crippen LogP contribution in [0.4, 0.5) is 0 Å². The number of phenolic OH excluding ortho intramolecular Hbond substituents is 2. The van der Waals surface area contributed by atoms with Crippen LogP contribution in [0, 0.1) is 0 Å². The first kappa shape index (κ1) is 30.2. The summed E-state index contributed by atoms with van der Waals surface area (Å²) in [6.45, 7) is 3.02. The monoisotopic (exact) mass is 627 g/mol. The second-order valence-corrected chi connectivity index (χ2v) is 11.3. The number of phenols is 2. The van der Waals surface area contributed by atoms with Crippen molar-refractivity contribution < 1.29 is 36.9 Å². The summed E-state index contributed by atoms with van der Waals surface area (Å²) >= 11 is 3.23. The van der Waals surface area contributed by atoms with Crippen molar-refractivity contribution in [2.24, 2.45) is 10.2 Å². The van der Waals surface area contributed by atoms with Gasteiger partial charge in [-0.3, -0.25) is 9.59 Å². The second kappa shape index (κ2) is 13.3. The van der Waals surface area contributed by atoms with E-state index in [0.29, 0.717) is 24.0 Å². The third-order valence-corrected chi connectivity index (χ3v) is 8.59. The maximum Gasteiger partial charge on any atom is 0.240 e. The van der Waals surface area contributed by atoms with Gasteiger partial charge in [-0.1, -0.05) is 36.4 Å². The first-order valence-electron chi connectivity index (χ1n) is 12.7. The molecule has 2 amide bonds. The number of aromatic hydroxyl groups is 2. The molecule has 0 saturated heterocycles. The Morgan fingerprint density at radius 3 is 1.39 bits per heavy atom. The van der Waals surface area contributed by atoms with Crippen LogP contribution in [0.2, 0.25) is 0 Å². The predicted molar refractivity (Wildman–Crippen MR) is 158 cm³/mol. The van der Waals surface area contributed by atoms with Crippen molar-refractivity contribution in [3.63, 3.8) is 0 Å². The summed E-state index contributed by atoms with van der Waals surface area (Å²) in [5.74, 6) is 0.214. The summed E-state index contributed by atoms with van der Waals surface area (Å²) in [5, 5.41) is 35.7. The second-order valence-electron chi connectivity index (χ2n) is 9.33. The Labute approximate surface area is 256 Å². The summed E-state index contributed by atoms with van der Waals surface area (Å²) < 4.78 is 0. The number of rotatable bonds is 4. The van der Waals surface area contributed by atoms with Crippen LogP contribution in [0.1, 0.15) is 59.7 Å². The molecule has 0 bridgehead atoms. The van der Waals surface area contributed by atoms with E-state index in [9.17, 15) is 19.8 Å². The van der Waals surface area contributed by atoms with Crippen LogP contribution in [0.15, 0.2) is 93.8 Å². The van der Waals surface area contributed by atoms with Gasteiger partial charge in [0.1, 0.15) is 11.5 Å². The van der Waals surface area contributed by atoms with Crippen LogP contribution in [-0.2, 0) is 26.7 Å². The minimum atomic E-state index is -0.0891. The number of amides is 2. The zero-order valence-electron chi connectivity index (χ0n) is 22.3. The number of hydrazone groups is 2. The van der Waals surface area contributed by atoms with E-state index in [4.69, 9.17) is 0 Å². The first-order valence-corrected chi connectivity index (χ1v) is 14.5. The van der Waals surface area contributed by atoms with Gasteiger partial charge < -0.3 is 10.2 Å². The molecule has 0 fully saturated rings. The molecule has 0 aliphatic carbocycles. The Morgan fingerprint density at radius 2 is 1.07 bits per heavy atom. The van der Waals surface area contributed by atoms with Crippen molar-refractivity contribution in [1.82, 2.24) is 10.0 Å². The van der Waals surface area contributed by atoms with Crippen molar-refractivity contribution in [3.8, 4) is 11.5 Å². The van der Waals surface area contributed by atoms with Gasteiger partial charge in [-0.25, -0.2) is 10.0 Å². The molecule has 2 aliphatic rings. The number of thiophene rings is 2. The van der Waals surface area contributed by atoms with E-state index in [1.165, 1.54) is 23.9 Å². The van der Waals surface area contributed by atoms with Crippen LogP contribution < -0.4 is 0 Å². The van der Waals surface area contributed by atoms with Crippen LogP contribution in [0.3, 0.4) is 0 Å². The van der Waals surface area contributed by atoms with Crippen LogP contribution in [0.5, 0.6) is 11.5 Å². The fourth-order valence-corrected chi connectivity index (χ4v) is 6.39. The molecule has 2 N–H and O–H groups in total. The Hall–Kier alpha value is -3.76. The van der Waals surface area contributed by atoms with Crippen molar-refractivity contribution >= 4 is 45.9 Å². The van der Waals surface area contributed by atoms with Gasteiger partial charge in [0.25, 0.3) is 0 Å². The summed E-state index contributed by atoms with van der Waals surface area (Å²) in [7, 11) is 0. The molecule has 11 heteroatoms. The molecule has 6 rings (SSSR count). The molecule has 2 unspecified atom stereocenters. The Balaban J connectivity index is 0.000000184. The average Bonchev–Trinajstić information content (AvgIpc) is 3.74. The molecule has 2 aromatic carbocycles. The molecule has 2 aromatic heterocycles. The third kappa shape index (κ3) is 6.60. The molecule has 0 saturated carbocycles. The standard InChI is InChI=1S/2C15H14N2O2S.Mn/c2*1-10(18)17-13(15-7-4-8-20-15)9-12(16-17)11-5-2-3-6-14(11)19;/h2*2-8,13,19H,9H2,1H3;. The Bertz CT molecular complexity index is 1450. The minimum absolute atomic E-state index is 0. The molecular formula is C30H28MnN4O4S2. The van der Waals surface area contributed by atoms with Gasteiger partial charge >= 0.3 is 0 Å². The van der Waals surface area contributed by atoms with Gasteiger partial charge in [-0.05, 0) is 47.2 Å². The molecule has 4 aromatic rings. The van der Waals surface area contributed by atoms with E-state index >= 15 is 0 Å². The topological polar surface area (TPSA) is 106 Å². The molecular weight excluding hydrogens is 599 g/mol. The molecule has 211 valence electrons. The summed E-state index contributed by atoms with van der Waals surface area (Å²) in [6, 6.07) is 22.0. The zero-order chi connectivity index (χ0) is 28.2. The van der Waals surface area contributed by atoms with Crippen LogP contribution in [0.25, 0.3) is 0 Å². The Morgan fingerprint density at radius 1 is 0.683 bits per heavy atom. The predicted octanol–water partition coefficient (Wildman–Crippen LogP) is 6.30. The number of benzene rings is 2. The SMILES string of the molecule is CC(=O)N1N=C(c2ccccc2O)CC1c1cccs1.CC(=O)N1N=C(c2ccccc2O)CC1c1cccs1.[Mn]. The fraction of sp³-hybridized carbons (Fsp3) is 0.200. The quantitative estimate of drug-likeness (QED) is 0.259. The van der Waals surface area contributed by atoms with E-state index in [1.54, 1.807) is 46.9 Å². The van der Waals surface area contributed by atoms with E-state index in [-0.39, 0.29) is 52.5 Å². The van der Waals surface area contributed by atoms with Crippen LogP contribution in [-0.4, -0.2) is 43.5 Å². The number of nitrogens with zero attached hydrogens (tertiary/aromatic N) is 4. The van der Waals surface area contributed by atoms with Gasteiger partial charge in [0.2, 0.25) is 11.8 Å². The Kier molecular flexibility index (Phi) is 9.77. The number of carbonyl (C=O) groups excluding carboxylic acids is 2. The number of carbonyl (C=O) groups is 2. The fourth-order valence-electron chi connectivity index (χ4n) is 4.77. The minimum Gasteiger partial charge on any atom is -0.507 e. The van der Waals surface area contributed by atoms with Crippen LogP contribution >= 0.6 is 22.7 Å². The van der Waals surface area contributed by atoms with Crippen molar-refractivity contribution in [2.75, 3.05) is 0 Å². The van der Waals surface area contributed by atoms with Crippen molar-refractivity contribution in [1.29, 1.82) is 0 Å². The molecule has 4 heterocycles. The zero-order valence-corrected chi connectivity index (χ0v) is 25.2. The third-order valence-electron chi connectivity index (χ3n) is 6.64. The van der Waals surface area contributed by atoms with E-state index in [1.807, 2.05) is 59.3 Å². The van der Waals surface area contributed by atoms with Gasteiger partial charge in [0, 0.05) is 64.6 Å². The average molecular weight is 628 g/mol. The van der Waals surface area contributed by atoms with Gasteiger partial charge in [-0.15, -0.1) is 22.7 Å². The first-order chi connectivity index (χ1) is 19.3. The molecule has 41 heavy (non-hydrogen) atoms.